The Kier molecular flexibility index (Phi) is 2.86. The Labute approximate surface area is 80.3 Å². The Morgan fingerprint density at radius 3 is 2.77 bits per heavy atom. The van der Waals surface area contributed by atoms with Gasteiger partial charge in [0.2, 0.25) is 0 Å². The van der Waals surface area contributed by atoms with Crippen molar-refractivity contribution in [2.45, 2.75) is 31.3 Å². The SMILES string of the molecule is CN1CCC2CCC(CO)N2CC1. The molecule has 76 valence electrons. The molecule has 0 aliphatic carbocycles. The molecule has 13 heavy (non-hydrogen) atoms. The lowest BCUT2D eigenvalue weighted by Crippen LogP contribution is -2.39. The van der Waals surface area contributed by atoms with Crippen molar-refractivity contribution in [3.05, 3.63) is 0 Å². The minimum atomic E-state index is 0.347. The van der Waals surface area contributed by atoms with Gasteiger partial charge in [0, 0.05) is 25.2 Å². The van der Waals surface area contributed by atoms with Crippen LogP contribution in [0.5, 0.6) is 0 Å². The molecule has 2 fully saturated rings. The van der Waals surface area contributed by atoms with Crippen LogP contribution in [0.4, 0.5) is 0 Å². The largest absolute Gasteiger partial charge is 0.395 e. The lowest BCUT2D eigenvalue weighted by molar-refractivity contribution is 0.133. The number of rotatable bonds is 1. The molecule has 2 aliphatic heterocycles. The molecule has 0 saturated carbocycles. The van der Waals surface area contributed by atoms with Crippen LogP contribution >= 0.6 is 0 Å². The summed E-state index contributed by atoms with van der Waals surface area (Å²) < 4.78 is 0. The Morgan fingerprint density at radius 1 is 1.15 bits per heavy atom. The summed E-state index contributed by atoms with van der Waals surface area (Å²) in [6.45, 7) is 3.87. The first kappa shape index (κ1) is 9.44. The molecule has 0 aromatic heterocycles. The van der Waals surface area contributed by atoms with Crippen LogP contribution in [0.25, 0.3) is 0 Å². The average molecular weight is 184 g/mol. The summed E-state index contributed by atoms with van der Waals surface area (Å²) in [6, 6.07) is 1.21. The fourth-order valence-electron chi connectivity index (χ4n) is 2.65. The normalized spacial score (nSPS) is 37.4. The monoisotopic (exact) mass is 184 g/mol. The molecule has 0 spiro atoms. The third-order valence-electron chi connectivity index (χ3n) is 3.57. The Balaban J connectivity index is 1.99. The van der Waals surface area contributed by atoms with E-state index >= 15 is 0 Å². The second-order valence-electron chi connectivity index (χ2n) is 4.40. The lowest BCUT2D eigenvalue weighted by atomic mass is 10.1. The molecule has 3 nitrogen and oxygen atoms in total. The summed E-state index contributed by atoms with van der Waals surface area (Å²) in [5.41, 5.74) is 0. The maximum Gasteiger partial charge on any atom is 0.0587 e. The van der Waals surface area contributed by atoms with Crippen molar-refractivity contribution in [2.24, 2.45) is 0 Å². The summed E-state index contributed by atoms with van der Waals surface area (Å²) in [6.07, 6.45) is 3.77. The zero-order chi connectivity index (χ0) is 9.26. The average Bonchev–Trinajstić information content (AvgIpc) is 2.45. The molecule has 0 aromatic rings. The van der Waals surface area contributed by atoms with Crippen molar-refractivity contribution in [2.75, 3.05) is 33.3 Å². The third kappa shape index (κ3) is 1.87. The molecule has 0 bridgehead atoms. The van der Waals surface area contributed by atoms with Crippen LogP contribution in [-0.2, 0) is 0 Å². The Morgan fingerprint density at radius 2 is 2.00 bits per heavy atom. The van der Waals surface area contributed by atoms with Gasteiger partial charge in [-0.25, -0.2) is 0 Å². The molecule has 1 N–H and O–H groups in total. The quantitative estimate of drug-likeness (QED) is 0.628. The van der Waals surface area contributed by atoms with E-state index in [1.54, 1.807) is 0 Å². The molecule has 0 amide bonds. The van der Waals surface area contributed by atoms with Crippen LogP contribution < -0.4 is 0 Å². The van der Waals surface area contributed by atoms with Gasteiger partial charge >= 0.3 is 0 Å². The standard InChI is InChI=1S/C10H20N2O/c1-11-5-4-9-2-3-10(8-13)12(9)7-6-11/h9-10,13H,2-8H2,1H3. The Hall–Kier alpha value is -0.120. The highest BCUT2D eigenvalue weighted by Crippen LogP contribution is 2.27. The van der Waals surface area contributed by atoms with Gasteiger partial charge in [-0.05, 0) is 32.9 Å². The fourth-order valence-corrected chi connectivity index (χ4v) is 2.65. The molecular formula is C10H20N2O. The molecular weight excluding hydrogens is 164 g/mol. The molecule has 2 saturated heterocycles. The van der Waals surface area contributed by atoms with Gasteiger partial charge in [0.1, 0.15) is 0 Å². The number of hydrogen-bond donors (Lipinski definition) is 1. The van der Waals surface area contributed by atoms with E-state index in [1.807, 2.05) is 0 Å². The molecule has 0 aromatic carbocycles. The molecule has 3 heteroatoms. The smallest absolute Gasteiger partial charge is 0.0587 e. The van der Waals surface area contributed by atoms with Gasteiger partial charge in [0.25, 0.3) is 0 Å². The first-order valence-electron chi connectivity index (χ1n) is 5.36. The topological polar surface area (TPSA) is 26.7 Å². The number of aliphatic hydroxyl groups is 1. The van der Waals surface area contributed by atoms with Crippen molar-refractivity contribution < 1.29 is 5.11 Å². The van der Waals surface area contributed by atoms with Gasteiger partial charge in [0.05, 0.1) is 6.61 Å². The minimum absolute atomic E-state index is 0.347. The van der Waals surface area contributed by atoms with E-state index in [1.165, 1.54) is 25.8 Å². The van der Waals surface area contributed by atoms with Crippen LogP contribution in [0.1, 0.15) is 19.3 Å². The van der Waals surface area contributed by atoms with Crippen LogP contribution in [0.3, 0.4) is 0 Å². The molecule has 0 radical (unpaired) electrons. The highest BCUT2D eigenvalue weighted by Gasteiger charge is 2.33. The number of aliphatic hydroxyl groups excluding tert-OH is 1. The molecule has 2 unspecified atom stereocenters. The maximum atomic E-state index is 9.21. The van der Waals surface area contributed by atoms with Crippen LogP contribution in [0.2, 0.25) is 0 Å². The summed E-state index contributed by atoms with van der Waals surface area (Å²) in [5, 5.41) is 9.21. The first-order chi connectivity index (χ1) is 6.31. The highest BCUT2D eigenvalue weighted by atomic mass is 16.3. The van der Waals surface area contributed by atoms with Gasteiger partial charge in [-0.2, -0.15) is 0 Å². The van der Waals surface area contributed by atoms with Crippen molar-refractivity contribution in [3.63, 3.8) is 0 Å². The summed E-state index contributed by atoms with van der Waals surface area (Å²) >= 11 is 0. The zero-order valence-corrected chi connectivity index (χ0v) is 8.45. The van der Waals surface area contributed by atoms with Gasteiger partial charge < -0.3 is 10.0 Å². The second-order valence-corrected chi connectivity index (χ2v) is 4.40. The van der Waals surface area contributed by atoms with E-state index in [0.717, 1.165) is 19.1 Å². The van der Waals surface area contributed by atoms with E-state index < -0.39 is 0 Å². The second kappa shape index (κ2) is 3.95. The molecule has 2 rings (SSSR count). The summed E-state index contributed by atoms with van der Waals surface area (Å²) in [5.74, 6) is 0. The predicted octanol–water partition coefficient (Wildman–Crippen LogP) is 0.147. The van der Waals surface area contributed by atoms with E-state index in [-0.39, 0.29) is 0 Å². The van der Waals surface area contributed by atoms with Crippen molar-refractivity contribution >= 4 is 0 Å². The molecule has 2 aliphatic rings. The van der Waals surface area contributed by atoms with Crippen molar-refractivity contribution in [1.29, 1.82) is 0 Å². The molecule has 2 heterocycles. The zero-order valence-electron chi connectivity index (χ0n) is 8.45. The van der Waals surface area contributed by atoms with Crippen LogP contribution in [-0.4, -0.2) is 60.3 Å². The fraction of sp³-hybridized carbons (Fsp3) is 1.00. The summed E-state index contributed by atoms with van der Waals surface area (Å²) in [4.78, 5) is 4.91. The van der Waals surface area contributed by atoms with E-state index in [9.17, 15) is 5.11 Å². The van der Waals surface area contributed by atoms with Gasteiger partial charge in [-0.15, -0.1) is 0 Å². The van der Waals surface area contributed by atoms with Crippen LogP contribution in [0, 0.1) is 0 Å². The number of fused-ring (bicyclic) bond motifs is 1. The minimum Gasteiger partial charge on any atom is -0.395 e. The first-order valence-corrected chi connectivity index (χ1v) is 5.36. The van der Waals surface area contributed by atoms with Crippen LogP contribution in [0.15, 0.2) is 0 Å². The van der Waals surface area contributed by atoms with Crippen molar-refractivity contribution in [3.8, 4) is 0 Å². The molecule has 2 atom stereocenters. The highest BCUT2D eigenvalue weighted by molar-refractivity contribution is 4.89. The van der Waals surface area contributed by atoms with E-state index in [2.05, 4.69) is 16.8 Å². The number of likely N-dealkylation sites (N-methyl/N-ethyl adjacent to an activating group) is 1. The third-order valence-corrected chi connectivity index (χ3v) is 3.57. The van der Waals surface area contributed by atoms with E-state index in [4.69, 9.17) is 0 Å². The van der Waals surface area contributed by atoms with Gasteiger partial charge in [-0.3, -0.25) is 4.90 Å². The number of nitrogens with zero attached hydrogens (tertiary/aromatic N) is 2. The Bertz CT molecular complexity index is 174. The summed E-state index contributed by atoms with van der Waals surface area (Å²) in [7, 11) is 2.19. The van der Waals surface area contributed by atoms with Gasteiger partial charge in [0.15, 0.2) is 0 Å². The maximum absolute atomic E-state index is 9.21. The van der Waals surface area contributed by atoms with Gasteiger partial charge in [-0.1, -0.05) is 0 Å². The lowest BCUT2D eigenvalue weighted by Gasteiger charge is -2.26. The van der Waals surface area contributed by atoms with Crippen molar-refractivity contribution in [1.82, 2.24) is 9.80 Å². The number of hydrogen-bond acceptors (Lipinski definition) is 3. The van der Waals surface area contributed by atoms with E-state index in [0.29, 0.717) is 12.6 Å². The predicted molar refractivity (Wildman–Crippen MR) is 52.7 cm³/mol.